The second kappa shape index (κ2) is 3.53. The predicted octanol–water partition coefficient (Wildman–Crippen LogP) is 2.96. The minimum Gasteiger partial charge on any atom is -0.306 e. The van der Waals surface area contributed by atoms with Crippen LogP contribution in [0.2, 0.25) is 0 Å². The average Bonchev–Trinajstić information content (AvgIpc) is 3.04. The first-order valence-corrected chi connectivity index (χ1v) is 5.99. The van der Waals surface area contributed by atoms with Gasteiger partial charge in [0.2, 0.25) is 0 Å². The van der Waals surface area contributed by atoms with E-state index < -0.39 is 0 Å². The van der Waals surface area contributed by atoms with Gasteiger partial charge in [-0.1, -0.05) is 12.1 Å². The van der Waals surface area contributed by atoms with Crippen LogP contribution in [-0.2, 0) is 6.42 Å². The fourth-order valence-corrected chi connectivity index (χ4v) is 2.51. The van der Waals surface area contributed by atoms with E-state index in [4.69, 9.17) is 0 Å². The Hall–Kier alpha value is -2.42. The monoisotopic (exact) mass is 235 g/mol. The molecule has 3 heteroatoms. The van der Waals surface area contributed by atoms with Gasteiger partial charge in [-0.25, -0.2) is 4.98 Å². The number of aromatic nitrogens is 3. The molecule has 3 aromatic rings. The fourth-order valence-electron chi connectivity index (χ4n) is 2.51. The molecule has 1 aliphatic carbocycles. The second-order valence-electron chi connectivity index (χ2n) is 4.43. The lowest BCUT2D eigenvalue weighted by Crippen LogP contribution is -1.92. The highest BCUT2D eigenvalue weighted by atomic mass is 15.0. The molecule has 3 nitrogen and oxygen atoms in total. The van der Waals surface area contributed by atoms with Gasteiger partial charge in [-0.2, -0.15) is 0 Å². The van der Waals surface area contributed by atoms with Gasteiger partial charge in [0.05, 0.1) is 5.69 Å². The van der Waals surface area contributed by atoms with Gasteiger partial charge in [-0.15, -0.1) is 0 Å². The molecule has 0 fully saturated rings. The number of allylic oxidation sites excluding steroid dienone is 1. The molecular weight excluding hydrogens is 222 g/mol. The summed E-state index contributed by atoms with van der Waals surface area (Å²) >= 11 is 0. The molecule has 0 saturated carbocycles. The van der Waals surface area contributed by atoms with Crippen molar-refractivity contribution in [2.24, 2.45) is 0 Å². The van der Waals surface area contributed by atoms with Crippen molar-refractivity contribution in [3.8, 4) is 0 Å². The third-order valence-corrected chi connectivity index (χ3v) is 3.38. The fraction of sp³-hybridized carbons (Fsp3) is 0.0667. The molecule has 18 heavy (non-hydrogen) atoms. The topological polar surface area (TPSA) is 30.2 Å². The Balaban J connectivity index is 0.00000110. The lowest BCUT2D eigenvalue weighted by molar-refractivity contribution is 1.13. The van der Waals surface area contributed by atoms with Crippen molar-refractivity contribution in [1.29, 1.82) is 0 Å². The zero-order valence-corrected chi connectivity index (χ0v) is 9.74. The lowest BCUT2D eigenvalue weighted by Gasteiger charge is -2.06. The molecule has 3 aromatic heterocycles. The largest absolute Gasteiger partial charge is 0.306 e. The van der Waals surface area contributed by atoms with Crippen LogP contribution < -0.4 is 0 Å². The number of rotatable bonds is 1. The molecule has 0 N–H and O–H groups in total. The summed E-state index contributed by atoms with van der Waals surface area (Å²) in [4.78, 5) is 8.68. The Morgan fingerprint density at radius 3 is 3.11 bits per heavy atom. The summed E-state index contributed by atoms with van der Waals surface area (Å²) in [5, 5.41) is 0. The van der Waals surface area contributed by atoms with E-state index in [0.717, 1.165) is 12.1 Å². The number of hydrogen-bond donors (Lipinski definition) is 0. The number of pyridine rings is 2. The standard InChI is InChI=1S/C15H11N3.H2/c1-2-13-12(4-5-14(13)16-7-1)11-3-6-15-17-8-9-18(15)10-11;/h1-4,6-10H,5H2;1H. The van der Waals surface area contributed by atoms with E-state index in [1.54, 1.807) is 0 Å². The van der Waals surface area contributed by atoms with Crippen molar-refractivity contribution >= 4 is 11.2 Å². The number of nitrogens with zero attached hydrogens (tertiary/aromatic N) is 3. The Kier molecular flexibility index (Phi) is 1.88. The van der Waals surface area contributed by atoms with Gasteiger partial charge in [-0.05, 0) is 29.3 Å². The first-order chi connectivity index (χ1) is 8.92. The Bertz CT molecular complexity index is 774. The summed E-state index contributed by atoms with van der Waals surface area (Å²) in [7, 11) is 0. The van der Waals surface area contributed by atoms with E-state index in [2.05, 4.69) is 34.4 Å². The third kappa shape index (κ3) is 1.31. The normalized spacial score (nSPS) is 13.7. The molecule has 1 aliphatic rings. The van der Waals surface area contributed by atoms with Crippen LogP contribution in [-0.4, -0.2) is 14.4 Å². The smallest absolute Gasteiger partial charge is 0.136 e. The molecule has 4 rings (SSSR count). The highest BCUT2D eigenvalue weighted by molar-refractivity contribution is 5.83. The van der Waals surface area contributed by atoms with Gasteiger partial charge >= 0.3 is 0 Å². The predicted molar refractivity (Wildman–Crippen MR) is 72.3 cm³/mol. The number of imidazole rings is 1. The van der Waals surface area contributed by atoms with Gasteiger partial charge < -0.3 is 4.40 Å². The Labute approximate surface area is 106 Å². The molecule has 0 radical (unpaired) electrons. The summed E-state index contributed by atoms with van der Waals surface area (Å²) in [6.07, 6.45) is 10.9. The maximum atomic E-state index is 4.42. The minimum atomic E-state index is 0. The number of hydrogen-bond acceptors (Lipinski definition) is 2. The van der Waals surface area contributed by atoms with Gasteiger partial charge in [0.25, 0.3) is 0 Å². The zero-order chi connectivity index (χ0) is 11.9. The Morgan fingerprint density at radius 2 is 2.11 bits per heavy atom. The van der Waals surface area contributed by atoms with Crippen molar-refractivity contribution in [2.75, 3.05) is 0 Å². The Morgan fingerprint density at radius 1 is 1.11 bits per heavy atom. The van der Waals surface area contributed by atoms with Crippen LogP contribution in [0.4, 0.5) is 0 Å². The molecule has 0 saturated heterocycles. The van der Waals surface area contributed by atoms with Crippen LogP contribution in [0.15, 0.2) is 55.1 Å². The van der Waals surface area contributed by atoms with Gasteiger partial charge in [-0.3, -0.25) is 4.98 Å². The summed E-state index contributed by atoms with van der Waals surface area (Å²) in [6.45, 7) is 0. The van der Waals surface area contributed by atoms with Crippen LogP contribution in [0.3, 0.4) is 0 Å². The average molecular weight is 235 g/mol. The molecule has 0 bridgehead atoms. The molecule has 0 spiro atoms. The van der Waals surface area contributed by atoms with Gasteiger partial charge in [0.1, 0.15) is 5.65 Å². The summed E-state index contributed by atoms with van der Waals surface area (Å²) < 4.78 is 2.05. The molecular formula is C15H13N3. The first-order valence-electron chi connectivity index (χ1n) is 5.99. The minimum absolute atomic E-state index is 0. The third-order valence-electron chi connectivity index (χ3n) is 3.38. The molecule has 0 aromatic carbocycles. The first kappa shape index (κ1) is 9.59. The van der Waals surface area contributed by atoms with Crippen molar-refractivity contribution < 1.29 is 1.43 Å². The van der Waals surface area contributed by atoms with Gasteiger partial charge in [0, 0.05) is 38.2 Å². The van der Waals surface area contributed by atoms with Crippen molar-refractivity contribution in [3.05, 3.63) is 71.9 Å². The molecule has 0 amide bonds. The maximum Gasteiger partial charge on any atom is 0.136 e. The maximum absolute atomic E-state index is 4.42. The zero-order valence-electron chi connectivity index (χ0n) is 9.74. The van der Waals surface area contributed by atoms with Gasteiger partial charge in [0.15, 0.2) is 0 Å². The van der Waals surface area contributed by atoms with E-state index in [1.165, 1.54) is 22.4 Å². The van der Waals surface area contributed by atoms with Crippen molar-refractivity contribution in [3.63, 3.8) is 0 Å². The quantitative estimate of drug-likeness (QED) is 0.649. The van der Waals surface area contributed by atoms with Crippen molar-refractivity contribution in [1.82, 2.24) is 14.4 Å². The molecule has 88 valence electrons. The highest BCUT2D eigenvalue weighted by Crippen LogP contribution is 2.31. The molecule has 0 atom stereocenters. The van der Waals surface area contributed by atoms with Crippen LogP contribution in [0, 0.1) is 0 Å². The highest BCUT2D eigenvalue weighted by Gasteiger charge is 2.16. The van der Waals surface area contributed by atoms with Crippen LogP contribution >= 0.6 is 0 Å². The number of fused-ring (bicyclic) bond motifs is 2. The van der Waals surface area contributed by atoms with E-state index in [1.807, 2.05) is 35.1 Å². The molecule has 0 unspecified atom stereocenters. The summed E-state index contributed by atoms with van der Waals surface area (Å²) in [5.74, 6) is 0. The van der Waals surface area contributed by atoms with E-state index in [0.29, 0.717) is 0 Å². The molecule has 0 aliphatic heterocycles. The van der Waals surface area contributed by atoms with E-state index >= 15 is 0 Å². The molecule has 3 heterocycles. The second-order valence-corrected chi connectivity index (χ2v) is 4.43. The summed E-state index contributed by atoms with van der Waals surface area (Å²) in [6, 6.07) is 8.30. The van der Waals surface area contributed by atoms with Crippen LogP contribution in [0.1, 0.15) is 18.2 Å². The SMILES string of the molecule is C1=C(c2ccc3nccn3c2)c2cccnc2C1.[HH]. The van der Waals surface area contributed by atoms with E-state index in [9.17, 15) is 0 Å². The van der Waals surface area contributed by atoms with E-state index in [-0.39, 0.29) is 1.43 Å². The summed E-state index contributed by atoms with van der Waals surface area (Å²) in [5.41, 5.74) is 5.87. The lowest BCUT2D eigenvalue weighted by atomic mass is 10.0. The van der Waals surface area contributed by atoms with Crippen LogP contribution in [0.5, 0.6) is 0 Å². The van der Waals surface area contributed by atoms with Crippen molar-refractivity contribution in [2.45, 2.75) is 6.42 Å². The van der Waals surface area contributed by atoms with Crippen LogP contribution in [0.25, 0.3) is 11.2 Å².